The lowest BCUT2D eigenvalue weighted by atomic mass is 9.98. The number of nitrogens with one attached hydrogen (secondary N) is 2. The van der Waals surface area contributed by atoms with E-state index in [1.54, 1.807) is 11.0 Å². The van der Waals surface area contributed by atoms with Crippen molar-refractivity contribution in [3.05, 3.63) is 73.5 Å². The third-order valence-electron chi connectivity index (χ3n) is 7.36. The van der Waals surface area contributed by atoms with Crippen LogP contribution in [0.5, 0.6) is 0 Å². The van der Waals surface area contributed by atoms with Gasteiger partial charge in [-0.25, -0.2) is 0 Å². The molecule has 0 aliphatic heterocycles. The van der Waals surface area contributed by atoms with Gasteiger partial charge in [-0.1, -0.05) is 12.8 Å². The van der Waals surface area contributed by atoms with Crippen LogP contribution >= 0.6 is 11.3 Å². The Hall–Kier alpha value is -3.52. The maximum atomic E-state index is 13.5. The van der Waals surface area contributed by atoms with Gasteiger partial charge in [0.15, 0.2) is 5.78 Å². The summed E-state index contributed by atoms with van der Waals surface area (Å²) in [4.78, 5) is 57.5. The SMILES string of the molecule is CCN(C(=O)C1CCCC1)c1cc(-c2ccc(C(C)=O)s2)cc(C(=O)NCc2c(C)cc(C)[nH]c2=O)c1C. The summed E-state index contributed by atoms with van der Waals surface area (Å²) in [5, 5.41) is 2.91. The van der Waals surface area contributed by atoms with Gasteiger partial charge in [0.25, 0.3) is 11.5 Å². The highest BCUT2D eigenvalue weighted by molar-refractivity contribution is 7.17. The van der Waals surface area contributed by atoms with E-state index in [-0.39, 0.29) is 35.6 Å². The van der Waals surface area contributed by atoms with Crippen molar-refractivity contribution in [2.45, 2.75) is 66.8 Å². The molecule has 0 spiro atoms. The van der Waals surface area contributed by atoms with Gasteiger partial charge in [-0.2, -0.15) is 0 Å². The second kappa shape index (κ2) is 11.5. The number of ketones is 1. The number of aromatic nitrogens is 1. The van der Waals surface area contributed by atoms with E-state index in [0.29, 0.717) is 33.8 Å². The molecule has 2 aromatic heterocycles. The third kappa shape index (κ3) is 5.65. The second-order valence-corrected chi connectivity index (χ2v) is 11.2. The molecule has 1 aliphatic rings. The van der Waals surface area contributed by atoms with Crippen molar-refractivity contribution in [1.29, 1.82) is 0 Å². The number of rotatable bonds is 8. The van der Waals surface area contributed by atoms with E-state index < -0.39 is 0 Å². The second-order valence-electron chi connectivity index (χ2n) is 10.1. The van der Waals surface area contributed by atoms with Crippen molar-refractivity contribution in [3.63, 3.8) is 0 Å². The van der Waals surface area contributed by atoms with Crippen molar-refractivity contribution in [2.75, 3.05) is 11.4 Å². The average molecular weight is 534 g/mol. The molecule has 1 aliphatic carbocycles. The molecule has 1 fully saturated rings. The lowest BCUT2D eigenvalue weighted by Crippen LogP contribution is -2.36. The highest BCUT2D eigenvalue weighted by Gasteiger charge is 2.29. The van der Waals surface area contributed by atoms with Gasteiger partial charge < -0.3 is 15.2 Å². The molecule has 4 rings (SSSR count). The number of H-pyrrole nitrogens is 1. The zero-order chi connectivity index (χ0) is 27.6. The molecule has 2 N–H and O–H groups in total. The molecule has 2 heterocycles. The molecule has 200 valence electrons. The van der Waals surface area contributed by atoms with E-state index in [9.17, 15) is 19.2 Å². The Morgan fingerprint density at radius 2 is 1.79 bits per heavy atom. The van der Waals surface area contributed by atoms with Crippen LogP contribution in [0.25, 0.3) is 10.4 Å². The first kappa shape index (κ1) is 27.5. The zero-order valence-corrected chi connectivity index (χ0v) is 23.5. The van der Waals surface area contributed by atoms with Crippen molar-refractivity contribution in [1.82, 2.24) is 10.3 Å². The van der Waals surface area contributed by atoms with Gasteiger partial charge in [-0.3, -0.25) is 19.2 Å². The molecule has 2 amide bonds. The van der Waals surface area contributed by atoms with Crippen LogP contribution in [0.1, 0.15) is 81.9 Å². The number of amides is 2. The summed E-state index contributed by atoms with van der Waals surface area (Å²) in [5.74, 6) is -0.249. The monoisotopic (exact) mass is 533 g/mol. The molecule has 0 atom stereocenters. The first-order chi connectivity index (χ1) is 18.1. The van der Waals surface area contributed by atoms with E-state index in [2.05, 4.69) is 10.3 Å². The molecule has 0 saturated heterocycles. The molecule has 0 bridgehead atoms. The van der Waals surface area contributed by atoms with Crippen LogP contribution in [0, 0.1) is 26.7 Å². The minimum Gasteiger partial charge on any atom is -0.348 e. The van der Waals surface area contributed by atoms with Crippen LogP contribution in [0.4, 0.5) is 5.69 Å². The Bertz CT molecular complexity index is 1450. The largest absolute Gasteiger partial charge is 0.348 e. The third-order valence-corrected chi connectivity index (χ3v) is 8.59. The summed E-state index contributed by atoms with van der Waals surface area (Å²) in [7, 11) is 0. The number of carbonyl (C=O) groups is 3. The van der Waals surface area contributed by atoms with Gasteiger partial charge in [0, 0.05) is 46.4 Å². The van der Waals surface area contributed by atoms with Crippen LogP contribution in [-0.2, 0) is 11.3 Å². The van der Waals surface area contributed by atoms with E-state index >= 15 is 0 Å². The number of pyridine rings is 1. The fraction of sp³-hybridized carbons (Fsp3) is 0.400. The summed E-state index contributed by atoms with van der Waals surface area (Å²) in [6.45, 7) is 9.59. The average Bonchev–Trinajstić information content (AvgIpc) is 3.57. The van der Waals surface area contributed by atoms with Crippen molar-refractivity contribution in [3.8, 4) is 10.4 Å². The van der Waals surface area contributed by atoms with Crippen molar-refractivity contribution < 1.29 is 14.4 Å². The molecule has 38 heavy (non-hydrogen) atoms. The van der Waals surface area contributed by atoms with Crippen LogP contribution in [-0.4, -0.2) is 29.1 Å². The van der Waals surface area contributed by atoms with Crippen molar-refractivity contribution >= 4 is 34.6 Å². The van der Waals surface area contributed by atoms with Crippen LogP contribution in [0.2, 0.25) is 0 Å². The number of benzene rings is 1. The minimum absolute atomic E-state index is 0.00225. The summed E-state index contributed by atoms with van der Waals surface area (Å²) >= 11 is 1.37. The highest BCUT2D eigenvalue weighted by Crippen LogP contribution is 2.36. The Morgan fingerprint density at radius 1 is 1.08 bits per heavy atom. The minimum atomic E-state index is -0.322. The molecule has 1 aromatic carbocycles. The van der Waals surface area contributed by atoms with Crippen LogP contribution < -0.4 is 15.8 Å². The summed E-state index contributed by atoms with van der Waals surface area (Å²) in [6.07, 6.45) is 3.89. The molecule has 0 unspecified atom stereocenters. The smallest absolute Gasteiger partial charge is 0.253 e. The van der Waals surface area contributed by atoms with Gasteiger partial charge >= 0.3 is 0 Å². The maximum Gasteiger partial charge on any atom is 0.253 e. The molecular weight excluding hydrogens is 498 g/mol. The Balaban J connectivity index is 1.75. The van der Waals surface area contributed by atoms with Gasteiger partial charge in [0.2, 0.25) is 5.91 Å². The number of carbonyl (C=O) groups excluding carboxylic acids is 3. The number of Topliss-reactive ketones (excluding diaryl/α,β-unsaturated/α-hetero) is 1. The lowest BCUT2D eigenvalue weighted by molar-refractivity contribution is -0.122. The molecule has 0 radical (unpaired) electrons. The predicted octanol–water partition coefficient (Wildman–Crippen LogP) is 5.70. The zero-order valence-electron chi connectivity index (χ0n) is 22.7. The Labute approximate surface area is 227 Å². The highest BCUT2D eigenvalue weighted by atomic mass is 32.1. The quantitative estimate of drug-likeness (QED) is 0.363. The van der Waals surface area contributed by atoms with E-state index in [4.69, 9.17) is 0 Å². The molecule has 3 aromatic rings. The van der Waals surface area contributed by atoms with E-state index in [1.165, 1.54) is 18.3 Å². The number of anilines is 1. The van der Waals surface area contributed by atoms with Crippen LogP contribution in [0.3, 0.4) is 0 Å². The first-order valence-electron chi connectivity index (χ1n) is 13.2. The Kier molecular flexibility index (Phi) is 8.31. The Morgan fingerprint density at radius 3 is 2.39 bits per heavy atom. The van der Waals surface area contributed by atoms with E-state index in [0.717, 1.165) is 47.4 Å². The van der Waals surface area contributed by atoms with Gasteiger partial charge in [-0.05, 0) is 94.5 Å². The molecule has 8 heteroatoms. The number of nitrogens with zero attached hydrogens (tertiary/aromatic N) is 1. The normalized spacial score (nSPS) is 13.5. The molecule has 1 saturated carbocycles. The van der Waals surface area contributed by atoms with E-state index in [1.807, 2.05) is 52.0 Å². The molecule has 7 nitrogen and oxygen atoms in total. The number of hydrogen-bond acceptors (Lipinski definition) is 5. The summed E-state index contributed by atoms with van der Waals surface area (Å²) in [5.41, 5.74) is 4.49. The fourth-order valence-electron chi connectivity index (χ4n) is 5.24. The van der Waals surface area contributed by atoms with Crippen LogP contribution in [0.15, 0.2) is 35.1 Å². The first-order valence-corrected chi connectivity index (χ1v) is 14.0. The topological polar surface area (TPSA) is 99.3 Å². The maximum absolute atomic E-state index is 13.5. The summed E-state index contributed by atoms with van der Waals surface area (Å²) < 4.78 is 0. The number of hydrogen-bond donors (Lipinski definition) is 2. The number of thiophene rings is 1. The van der Waals surface area contributed by atoms with Gasteiger partial charge in [0.05, 0.1) is 4.88 Å². The molecular formula is C30H35N3O4S. The number of aryl methyl sites for hydroxylation is 2. The van der Waals surface area contributed by atoms with Gasteiger partial charge in [-0.15, -0.1) is 11.3 Å². The standard InChI is InChI=1S/C30H35N3O4S/c1-6-33(30(37)21-9-7-8-10-21)25-15-22(27-12-11-26(38-27)20(5)34)14-23(19(25)4)28(35)31-16-24-17(2)13-18(3)32-29(24)36/h11-15,21H,6-10,16H2,1-5H3,(H,31,35)(H,32,36). The fourth-order valence-corrected chi connectivity index (χ4v) is 6.13. The lowest BCUT2D eigenvalue weighted by Gasteiger charge is -2.27. The van der Waals surface area contributed by atoms with Gasteiger partial charge in [0.1, 0.15) is 0 Å². The summed E-state index contributed by atoms with van der Waals surface area (Å²) in [6, 6.07) is 9.30. The number of aromatic amines is 1. The van der Waals surface area contributed by atoms with Crippen molar-refractivity contribution in [2.24, 2.45) is 5.92 Å². The predicted molar refractivity (Wildman–Crippen MR) is 152 cm³/mol.